The lowest BCUT2D eigenvalue weighted by molar-refractivity contribution is -0.0584. The Bertz CT molecular complexity index is 1060. The van der Waals surface area contributed by atoms with Crippen LogP contribution in [-0.4, -0.2) is 40.2 Å². The summed E-state index contributed by atoms with van der Waals surface area (Å²) >= 11 is 0. The highest BCUT2D eigenvalue weighted by atomic mass is 16.7. The number of carbonyl (C=O) groups excluding carboxylic acids is 3. The molecular formula is C19H13N3O6. The van der Waals surface area contributed by atoms with E-state index in [1.54, 1.807) is 24.3 Å². The topological polar surface area (TPSA) is 112 Å². The van der Waals surface area contributed by atoms with Crippen LogP contribution < -0.4 is 0 Å². The number of imide groups is 1. The molecule has 3 aromatic rings. The number of fused-ring (bicyclic) bond motifs is 1. The molecule has 1 aromatic heterocycles. The van der Waals surface area contributed by atoms with Crippen molar-refractivity contribution in [2.24, 2.45) is 0 Å². The van der Waals surface area contributed by atoms with Crippen LogP contribution in [0.1, 0.15) is 37.0 Å². The normalized spacial score (nSPS) is 13.0. The largest absolute Gasteiger partial charge is 0.418 e. The van der Waals surface area contributed by atoms with Gasteiger partial charge in [-0.15, -0.1) is 10.2 Å². The fourth-order valence-electron chi connectivity index (χ4n) is 2.72. The Labute approximate surface area is 158 Å². The first-order valence-corrected chi connectivity index (χ1v) is 8.20. The number of hydroxylamine groups is 2. The number of carbonyl (C=O) groups is 3. The van der Waals surface area contributed by atoms with Crippen LogP contribution in [0.2, 0.25) is 0 Å². The molecule has 0 N–H and O–H groups in total. The van der Waals surface area contributed by atoms with Crippen molar-refractivity contribution in [3.05, 3.63) is 71.1 Å². The van der Waals surface area contributed by atoms with E-state index in [9.17, 15) is 14.4 Å². The molecule has 0 saturated carbocycles. The lowest BCUT2D eigenvalue weighted by atomic mass is 10.1. The van der Waals surface area contributed by atoms with Gasteiger partial charge < -0.3 is 14.0 Å². The van der Waals surface area contributed by atoms with E-state index >= 15 is 0 Å². The second kappa shape index (κ2) is 7.05. The Kier molecular flexibility index (Phi) is 4.42. The minimum Gasteiger partial charge on any atom is -0.418 e. The summed E-state index contributed by atoms with van der Waals surface area (Å²) < 4.78 is 10.4. The van der Waals surface area contributed by atoms with Crippen LogP contribution in [0.25, 0.3) is 11.5 Å². The molecule has 9 heteroatoms. The monoisotopic (exact) mass is 379 g/mol. The first-order chi connectivity index (χ1) is 13.6. The smallest absolute Gasteiger partial charge is 0.363 e. The first-order valence-electron chi connectivity index (χ1n) is 8.20. The van der Waals surface area contributed by atoms with Gasteiger partial charge >= 0.3 is 5.97 Å². The summed E-state index contributed by atoms with van der Waals surface area (Å²) in [5, 5.41) is 8.18. The third kappa shape index (κ3) is 3.03. The second-order valence-corrected chi connectivity index (χ2v) is 5.84. The third-order valence-electron chi connectivity index (χ3n) is 4.01. The van der Waals surface area contributed by atoms with Crippen LogP contribution in [-0.2, 0) is 16.2 Å². The third-order valence-corrected chi connectivity index (χ3v) is 4.01. The fourth-order valence-corrected chi connectivity index (χ4v) is 2.72. The molecule has 0 spiro atoms. The van der Waals surface area contributed by atoms with Crippen LogP contribution in [0.15, 0.2) is 52.9 Å². The zero-order valence-corrected chi connectivity index (χ0v) is 14.6. The standard InChI is InChI=1S/C19H13N3O6/c1-26-10-15-20-21-16(27-15)11-5-4-6-12(9-11)19(25)28-22-17(23)13-7-2-3-8-14(13)18(22)24/h2-9H,10H2,1H3. The highest BCUT2D eigenvalue weighted by Gasteiger charge is 2.38. The number of hydrogen-bond acceptors (Lipinski definition) is 8. The highest BCUT2D eigenvalue weighted by molar-refractivity contribution is 6.21. The van der Waals surface area contributed by atoms with Crippen molar-refractivity contribution in [1.82, 2.24) is 15.3 Å². The molecular weight excluding hydrogens is 366 g/mol. The minimum absolute atomic E-state index is 0.112. The van der Waals surface area contributed by atoms with Crippen LogP contribution in [0.3, 0.4) is 0 Å². The molecule has 1 aliphatic rings. The van der Waals surface area contributed by atoms with Gasteiger partial charge in [-0.05, 0) is 30.3 Å². The zero-order chi connectivity index (χ0) is 19.7. The second-order valence-electron chi connectivity index (χ2n) is 5.84. The predicted molar refractivity (Wildman–Crippen MR) is 92.8 cm³/mol. The molecule has 4 rings (SSSR count). The van der Waals surface area contributed by atoms with Crippen molar-refractivity contribution in [2.75, 3.05) is 7.11 Å². The van der Waals surface area contributed by atoms with Gasteiger partial charge in [0.15, 0.2) is 0 Å². The SMILES string of the molecule is COCc1nnc(-c2cccc(C(=O)ON3C(=O)c4ccccc4C3=O)c2)o1. The molecule has 9 nitrogen and oxygen atoms in total. The minimum atomic E-state index is -0.868. The van der Waals surface area contributed by atoms with E-state index in [4.69, 9.17) is 14.0 Å². The summed E-state index contributed by atoms with van der Waals surface area (Å²) in [5.74, 6) is -1.76. The van der Waals surface area contributed by atoms with E-state index in [1.165, 1.54) is 31.4 Å². The number of ether oxygens (including phenoxy) is 1. The Morgan fingerprint density at radius 2 is 1.75 bits per heavy atom. The van der Waals surface area contributed by atoms with Crippen LogP contribution >= 0.6 is 0 Å². The van der Waals surface area contributed by atoms with Crippen molar-refractivity contribution in [1.29, 1.82) is 0 Å². The van der Waals surface area contributed by atoms with E-state index in [-0.39, 0.29) is 35.1 Å². The van der Waals surface area contributed by atoms with Crippen molar-refractivity contribution in [3.8, 4) is 11.5 Å². The van der Waals surface area contributed by atoms with Gasteiger partial charge in [-0.1, -0.05) is 23.3 Å². The van der Waals surface area contributed by atoms with Gasteiger partial charge in [0.1, 0.15) is 6.61 Å². The number of amides is 2. The number of rotatable bonds is 5. The van der Waals surface area contributed by atoms with Gasteiger partial charge in [-0.3, -0.25) is 9.59 Å². The van der Waals surface area contributed by atoms with Gasteiger partial charge in [0.2, 0.25) is 11.8 Å². The number of benzene rings is 2. The molecule has 0 fully saturated rings. The first kappa shape index (κ1) is 17.6. The number of methoxy groups -OCH3 is 1. The van der Waals surface area contributed by atoms with E-state index in [1.807, 2.05) is 0 Å². The molecule has 1 aliphatic heterocycles. The molecule has 140 valence electrons. The quantitative estimate of drug-likeness (QED) is 0.621. The van der Waals surface area contributed by atoms with E-state index in [0.717, 1.165) is 0 Å². The maximum absolute atomic E-state index is 12.5. The Balaban J connectivity index is 1.54. The summed E-state index contributed by atoms with van der Waals surface area (Å²) in [4.78, 5) is 42.1. The average Bonchev–Trinajstić information content (AvgIpc) is 3.28. The van der Waals surface area contributed by atoms with E-state index < -0.39 is 17.8 Å². The molecule has 0 radical (unpaired) electrons. The van der Waals surface area contributed by atoms with Crippen LogP contribution in [0.5, 0.6) is 0 Å². The van der Waals surface area contributed by atoms with Gasteiger partial charge in [-0.25, -0.2) is 4.79 Å². The number of nitrogens with zero attached hydrogens (tertiary/aromatic N) is 3. The molecule has 2 aromatic carbocycles. The summed E-state index contributed by atoms with van der Waals surface area (Å²) in [6.45, 7) is 0.161. The summed E-state index contributed by atoms with van der Waals surface area (Å²) in [5.41, 5.74) is 0.961. The average molecular weight is 379 g/mol. The highest BCUT2D eigenvalue weighted by Crippen LogP contribution is 2.24. The Hall–Kier alpha value is -3.85. The Morgan fingerprint density at radius 1 is 1.04 bits per heavy atom. The van der Waals surface area contributed by atoms with Crippen molar-refractivity contribution in [3.63, 3.8) is 0 Å². The molecule has 0 aliphatic carbocycles. The van der Waals surface area contributed by atoms with Gasteiger partial charge in [0, 0.05) is 12.7 Å². The van der Waals surface area contributed by atoms with Crippen molar-refractivity contribution >= 4 is 17.8 Å². The maximum Gasteiger partial charge on any atom is 0.363 e. The maximum atomic E-state index is 12.5. The summed E-state index contributed by atoms with van der Waals surface area (Å²) in [6.07, 6.45) is 0. The fraction of sp³-hybridized carbons (Fsp3) is 0.105. The molecule has 0 atom stereocenters. The molecule has 28 heavy (non-hydrogen) atoms. The van der Waals surface area contributed by atoms with E-state index in [0.29, 0.717) is 10.6 Å². The van der Waals surface area contributed by atoms with Crippen molar-refractivity contribution < 1.29 is 28.4 Å². The number of aromatic nitrogens is 2. The molecule has 0 saturated heterocycles. The molecule has 0 bridgehead atoms. The van der Waals surface area contributed by atoms with Crippen LogP contribution in [0, 0.1) is 0 Å². The summed E-state index contributed by atoms with van der Waals surface area (Å²) in [6, 6.07) is 12.5. The summed E-state index contributed by atoms with van der Waals surface area (Å²) in [7, 11) is 1.50. The Morgan fingerprint density at radius 3 is 2.43 bits per heavy atom. The predicted octanol–water partition coefficient (Wildman–Crippen LogP) is 2.25. The lowest BCUT2D eigenvalue weighted by Gasteiger charge is -2.12. The zero-order valence-electron chi connectivity index (χ0n) is 14.6. The van der Waals surface area contributed by atoms with Crippen molar-refractivity contribution in [2.45, 2.75) is 6.61 Å². The van der Waals surface area contributed by atoms with Gasteiger partial charge in [-0.2, -0.15) is 0 Å². The number of hydrogen-bond donors (Lipinski definition) is 0. The van der Waals surface area contributed by atoms with Gasteiger partial charge in [0.25, 0.3) is 11.8 Å². The van der Waals surface area contributed by atoms with Gasteiger partial charge in [0.05, 0.1) is 16.7 Å². The van der Waals surface area contributed by atoms with Crippen LogP contribution in [0.4, 0.5) is 0 Å². The van der Waals surface area contributed by atoms with E-state index in [2.05, 4.69) is 10.2 Å². The molecule has 2 amide bonds. The molecule has 0 unspecified atom stereocenters. The lowest BCUT2D eigenvalue weighted by Crippen LogP contribution is -2.32. The molecule has 2 heterocycles.